The van der Waals surface area contributed by atoms with E-state index in [4.69, 9.17) is 0 Å². The Morgan fingerprint density at radius 1 is 1.00 bits per heavy atom. The summed E-state index contributed by atoms with van der Waals surface area (Å²) in [6.07, 6.45) is 16.8. The smallest absolute Gasteiger partial charge is 0.269 e. The Morgan fingerprint density at radius 2 is 1.73 bits per heavy atom. The first-order valence-electron chi connectivity index (χ1n) is 9.52. The quantitative estimate of drug-likeness (QED) is 0.486. The van der Waals surface area contributed by atoms with Crippen LogP contribution in [0, 0.1) is 5.92 Å². The van der Waals surface area contributed by atoms with Gasteiger partial charge < -0.3 is 0 Å². The van der Waals surface area contributed by atoms with Gasteiger partial charge in [0.05, 0.1) is 0 Å². The van der Waals surface area contributed by atoms with Crippen molar-refractivity contribution in [1.29, 1.82) is 0 Å². The van der Waals surface area contributed by atoms with Gasteiger partial charge in [-0.2, -0.15) is 0 Å². The Labute approximate surface area is 165 Å². The molecule has 1 aromatic rings. The summed E-state index contributed by atoms with van der Waals surface area (Å²) in [5, 5.41) is 0. The van der Waals surface area contributed by atoms with Crippen molar-refractivity contribution in [3.05, 3.63) is 64.8 Å². The van der Waals surface area contributed by atoms with Crippen LogP contribution in [0.25, 0.3) is 6.08 Å². The third-order valence-corrected chi connectivity index (χ3v) is 9.19. The second kappa shape index (κ2) is 7.94. The number of halogens is 2. The topological polar surface area (TPSA) is 0 Å². The molecule has 0 fully saturated rings. The van der Waals surface area contributed by atoms with Crippen molar-refractivity contribution in [1.82, 2.24) is 0 Å². The van der Waals surface area contributed by atoms with Gasteiger partial charge in [0.25, 0.3) is 0 Å². The molecule has 0 saturated heterocycles. The second-order valence-electron chi connectivity index (χ2n) is 8.36. The molecule has 0 aromatic heterocycles. The fourth-order valence-corrected chi connectivity index (χ4v) is 9.01. The van der Waals surface area contributed by atoms with Crippen LogP contribution in [-0.2, 0) is 22.9 Å². The summed E-state index contributed by atoms with van der Waals surface area (Å²) in [6, 6.07) is 9.06. The van der Waals surface area contributed by atoms with E-state index in [1.807, 2.05) is 5.57 Å². The molecule has 0 heterocycles. The van der Waals surface area contributed by atoms with Crippen LogP contribution in [0.15, 0.2) is 53.6 Å². The van der Waals surface area contributed by atoms with E-state index in [0.717, 1.165) is 5.92 Å². The summed E-state index contributed by atoms with van der Waals surface area (Å²) in [5.41, 5.74) is 6.56. The van der Waals surface area contributed by atoms with Crippen LogP contribution in [-0.4, -0.2) is 0 Å². The van der Waals surface area contributed by atoms with Crippen LogP contribution in [0.4, 0.5) is 9.41 Å². The van der Waals surface area contributed by atoms with Crippen molar-refractivity contribution in [2.24, 2.45) is 5.92 Å². The van der Waals surface area contributed by atoms with E-state index in [1.54, 1.807) is 11.1 Å². The third kappa shape index (κ3) is 3.55. The van der Waals surface area contributed by atoms with Crippen LogP contribution in [0.3, 0.4) is 0 Å². The molecule has 1 aromatic carbocycles. The Bertz CT molecular complexity index is 746. The average Bonchev–Trinajstić information content (AvgIpc) is 3.07. The van der Waals surface area contributed by atoms with E-state index in [-0.39, 0.29) is 32.3 Å². The Kier molecular flexibility index (Phi) is 6.51. The summed E-state index contributed by atoms with van der Waals surface area (Å²) in [4.78, 5) is 0. The number of fused-ring (bicyclic) bond motifs is 1. The Hall–Kier alpha value is -0.986. The van der Waals surface area contributed by atoms with Gasteiger partial charge in [-0.3, -0.25) is 9.41 Å². The molecule has 3 aliphatic carbocycles. The van der Waals surface area contributed by atoms with Crippen LogP contribution < -0.4 is 0 Å². The molecule has 3 heteroatoms. The van der Waals surface area contributed by atoms with Crippen LogP contribution >= 0.6 is 0 Å². The molecule has 0 radical (unpaired) electrons. The van der Waals surface area contributed by atoms with Crippen molar-refractivity contribution in [2.45, 2.75) is 60.3 Å². The summed E-state index contributed by atoms with van der Waals surface area (Å²) in [6.45, 7) is 7.32. The maximum atomic E-state index is 2.64. The molecule has 0 bridgehead atoms. The molecule has 0 spiro atoms. The number of rotatable bonds is 4. The van der Waals surface area contributed by atoms with Crippen molar-refractivity contribution in [3.63, 3.8) is 0 Å². The minimum atomic E-state index is -0.227. The third-order valence-electron chi connectivity index (χ3n) is 5.95. The van der Waals surface area contributed by atoms with Gasteiger partial charge in [0.15, 0.2) is 0 Å². The van der Waals surface area contributed by atoms with Crippen LogP contribution in [0.1, 0.15) is 64.0 Å². The molecule has 0 nitrogen and oxygen atoms in total. The minimum Gasteiger partial charge on any atom is -0.269 e. The van der Waals surface area contributed by atoms with Gasteiger partial charge in [0, 0.05) is 0 Å². The van der Waals surface area contributed by atoms with Gasteiger partial charge in [0.2, 0.25) is 0 Å². The summed E-state index contributed by atoms with van der Waals surface area (Å²) in [7, 11) is 0. The first-order chi connectivity index (χ1) is 11.5. The molecular formula is C23H30F2Ti. The van der Waals surface area contributed by atoms with E-state index in [2.05, 4.69) is 69.3 Å². The summed E-state index contributed by atoms with van der Waals surface area (Å²) >= 11 is -0.227. The normalized spacial score (nSPS) is 28.5. The Balaban J connectivity index is 0.00000121. The SMILES string of the molecule is CC(C)C[C]1([Ti][C]2(C)C=Cc3ccccc32)C=CC2=C1CCCC2.F.F. The standard InChI is InChI=1S/C13H19.C10H9.2FH.Ti/c1-10(2)9-12-8-7-11-5-3-4-6-13(11)12;1-8-6-7-9-4-2-3-5-10(8)9;;;/h7-8,10H,3-6,9H2,1-2H3;2-7H,1H3;2*1H;. The fraction of sp³-hybridized carbons (Fsp3) is 0.478. The maximum absolute atomic E-state index is 2.64. The van der Waals surface area contributed by atoms with E-state index < -0.39 is 0 Å². The van der Waals surface area contributed by atoms with Gasteiger partial charge in [-0.05, 0) is 0 Å². The van der Waals surface area contributed by atoms with E-state index in [1.165, 1.54) is 37.7 Å². The van der Waals surface area contributed by atoms with E-state index in [9.17, 15) is 0 Å². The number of allylic oxidation sites excluding steroid dienone is 5. The van der Waals surface area contributed by atoms with Crippen LogP contribution in [0.2, 0.25) is 3.72 Å². The minimum absolute atomic E-state index is 0. The van der Waals surface area contributed by atoms with E-state index in [0.29, 0.717) is 3.72 Å². The van der Waals surface area contributed by atoms with Crippen molar-refractivity contribution < 1.29 is 28.6 Å². The first kappa shape index (κ1) is 21.3. The van der Waals surface area contributed by atoms with Crippen molar-refractivity contribution in [2.75, 3.05) is 0 Å². The first-order valence-corrected chi connectivity index (χ1v) is 11.1. The Morgan fingerprint density at radius 3 is 2.50 bits per heavy atom. The molecule has 0 amide bonds. The summed E-state index contributed by atoms with van der Waals surface area (Å²) < 4.78 is 0.691. The zero-order chi connectivity index (χ0) is 16.8. The van der Waals surface area contributed by atoms with Gasteiger partial charge in [-0.25, -0.2) is 0 Å². The zero-order valence-corrected chi connectivity index (χ0v) is 17.6. The fourth-order valence-electron chi connectivity index (χ4n) is 5.00. The van der Waals surface area contributed by atoms with E-state index >= 15 is 0 Å². The predicted octanol–water partition coefficient (Wildman–Crippen LogP) is 6.96. The predicted molar refractivity (Wildman–Crippen MR) is 105 cm³/mol. The molecule has 140 valence electrons. The monoisotopic (exact) mass is 392 g/mol. The molecule has 0 N–H and O–H groups in total. The molecule has 4 rings (SSSR count). The van der Waals surface area contributed by atoms with Crippen molar-refractivity contribution in [3.8, 4) is 0 Å². The number of hydrogen-bond acceptors (Lipinski definition) is 0. The van der Waals surface area contributed by atoms with Crippen LogP contribution in [0.5, 0.6) is 0 Å². The zero-order valence-electron chi connectivity index (χ0n) is 16.0. The molecule has 3 aliphatic rings. The molecular weight excluding hydrogens is 362 g/mol. The molecule has 26 heavy (non-hydrogen) atoms. The largest absolute Gasteiger partial charge is 0.269 e. The van der Waals surface area contributed by atoms with Gasteiger partial charge in [0.1, 0.15) is 0 Å². The second-order valence-corrected chi connectivity index (χ2v) is 11.8. The molecule has 0 aliphatic heterocycles. The van der Waals surface area contributed by atoms with Gasteiger partial charge in [-0.1, -0.05) is 0 Å². The summed E-state index contributed by atoms with van der Waals surface area (Å²) in [5.74, 6) is 0.761. The van der Waals surface area contributed by atoms with Gasteiger partial charge >= 0.3 is 156 Å². The number of hydrogen-bond donors (Lipinski definition) is 0. The average molecular weight is 392 g/mol. The number of benzene rings is 1. The molecule has 2 unspecified atom stereocenters. The molecule has 2 atom stereocenters. The molecule has 0 saturated carbocycles. The van der Waals surface area contributed by atoms with Gasteiger partial charge in [-0.15, -0.1) is 0 Å². The van der Waals surface area contributed by atoms with Crippen molar-refractivity contribution >= 4 is 6.08 Å². The maximum Gasteiger partial charge on any atom is -0.269 e.